The van der Waals surface area contributed by atoms with Crippen LogP contribution in [0.25, 0.3) is 0 Å². The number of nitrogens with one attached hydrogen (secondary N) is 1. The van der Waals surface area contributed by atoms with Gasteiger partial charge in [0.2, 0.25) is 15.9 Å². The lowest BCUT2D eigenvalue weighted by atomic mass is 9.97. The summed E-state index contributed by atoms with van der Waals surface area (Å²) >= 11 is 0. The highest BCUT2D eigenvalue weighted by molar-refractivity contribution is 7.92. The van der Waals surface area contributed by atoms with Gasteiger partial charge in [-0.2, -0.15) is 0 Å². The summed E-state index contributed by atoms with van der Waals surface area (Å²) < 4.78 is 31.4. The Labute approximate surface area is 180 Å². The summed E-state index contributed by atoms with van der Waals surface area (Å²) in [5.74, 6) is 0.693. The van der Waals surface area contributed by atoms with Gasteiger partial charge in [0.15, 0.2) is 0 Å². The molecule has 0 saturated heterocycles. The van der Waals surface area contributed by atoms with Crippen LogP contribution in [-0.4, -0.2) is 33.7 Å². The van der Waals surface area contributed by atoms with Crippen LogP contribution in [0.15, 0.2) is 54.6 Å². The zero-order chi connectivity index (χ0) is 22.1. The fourth-order valence-corrected chi connectivity index (χ4v) is 3.99. The Morgan fingerprint density at radius 3 is 2.23 bits per heavy atom. The number of sulfonamides is 1. The average Bonchev–Trinajstić information content (AvgIpc) is 2.70. The molecule has 30 heavy (non-hydrogen) atoms. The first-order valence-electron chi connectivity index (χ1n) is 10.3. The Morgan fingerprint density at radius 1 is 1.07 bits per heavy atom. The molecule has 0 aliphatic carbocycles. The molecule has 0 aliphatic rings. The molecule has 164 valence electrons. The molecule has 1 amide bonds. The third kappa shape index (κ3) is 7.37. The van der Waals surface area contributed by atoms with Crippen molar-refractivity contribution in [1.82, 2.24) is 5.32 Å². The van der Waals surface area contributed by atoms with Crippen molar-refractivity contribution in [3.8, 4) is 5.75 Å². The van der Waals surface area contributed by atoms with Gasteiger partial charge in [-0.1, -0.05) is 51.1 Å². The highest BCUT2D eigenvalue weighted by atomic mass is 32.2. The van der Waals surface area contributed by atoms with Crippen LogP contribution in [0, 0.1) is 5.92 Å². The van der Waals surface area contributed by atoms with E-state index >= 15 is 0 Å². The maximum absolute atomic E-state index is 12.8. The molecule has 2 aromatic rings. The van der Waals surface area contributed by atoms with E-state index in [9.17, 15) is 13.2 Å². The SMILES string of the molecule is CCCOc1ccc(N(CC(=O)NC(CC(C)C)c2ccccc2)S(C)(=O)=O)cc1. The zero-order valence-electron chi connectivity index (χ0n) is 18.2. The van der Waals surface area contributed by atoms with Gasteiger partial charge in [-0.05, 0) is 48.6 Å². The highest BCUT2D eigenvalue weighted by Gasteiger charge is 2.23. The molecule has 0 radical (unpaired) electrons. The number of hydrogen-bond acceptors (Lipinski definition) is 4. The molecule has 0 saturated carbocycles. The molecule has 0 fully saturated rings. The summed E-state index contributed by atoms with van der Waals surface area (Å²) in [5.41, 5.74) is 1.43. The number of amides is 1. The van der Waals surface area contributed by atoms with E-state index < -0.39 is 10.0 Å². The molecule has 1 atom stereocenters. The maximum Gasteiger partial charge on any atom is 0.241 e. The summed E-state index contributed by atoms with van der Waals surface area (Å²) in [4.78, 5) is 12.8. The molecular weight excluding hydrogens is 400 g/mol. The van der Waals surface area contributed by atoms with Crippen LogP contribution in [-0.2, 0) is 14.8 Å². The Kier molecular flexibility index (Phi) is 8.72. The second-order valence-electron chi connectivity index (χ2n) is 7.77. The van der Waals surface area contributed by atoms with Crippen LogP contribution in [0.4, 0.5) is 5.69 Å². The largest absolute Gasteiger partial charge is 0.494 e. The molecule has 6 nitrogen and oxygen atoms in total. The third-order valence-electron chi connectivity index (χ3n) is 4.53. The number of nitrogens with zero attached hydrogens (tertiary/aromatic N) is 1. The Balaban J connectivity index is 2.16. The molecule has 7 heteroatoms. The van der Waals surface area contributed by atoms with Gasteiger partial charge in [0.25, 0.3) is 0 Å². The number of anilines is 1. The summed E-state index contributed by atoms with van der Waals surface area (Å²) in [6.07, 6.45) is 2.75. The van der Waals surface area contributed by atoms with Crippen LogP contribution >= 0.6 is 0 Å². The number of carbonyl (C=O) groups excluding carboxylic acids is 1. The zero-order valence-corrected chi connectivity index (χ0v) is 19.0. The van der Waals surface area contributed by atoms with Gasteiger partial charge in [0.1, 0.15) is 12.3 Å². The van der Waals surface area contributed by atoms with Crippen molar-refractivity contribution in [2.75, 3.05) is 23.7 Å². The standard InChI is InChI=1S/C23H32N2O4S/c1-5-15-29-21-13-11-20(12-14-21)25(30(4,27)28)17-23(26)24-22(16-18(2)3)19-9-7-6-8-10-19/h6-14,18,22H,5,15-17H2,1-4H3,(H,24,26). The predicted molar refractivity (Wildman–Crippen MR) is 121 cm³/mol. The Hall–Kier alpha value is -2.54. The third-order valence-corrected chi connectivity index (χ3v) is 5.67. The van der Waals surface area contributed by atoms with Crippen molar-refractivity contribution < 1.29 is 17.9 Å². The molecule has 1 N–H and O–H groups in total. The summed E-state index contributed by atoms with van der Waals surface area (Å²) in [6, 6.07) is 16.3. The first kappa shape index (κ1) is 23.7. The second-order valence-corrected chi connectivity index (χ2v) is 9.68. The van der Waals surface area contributed by atoms with Gasteiger partial charge in [0, 0.05) is 0 Å². The quantitative estimate of drug-likeness (QED) is 0.579. The normalized spacial score (nSPS) is 12.4. The van der Waals surface area contributed by atoms with E-state index in [0.29, 0.717) is 24.0 Å². The number of carbonyl (C=O) groups is 1. The molecular formula is C23H32N2O4S. The minimum atomic E-state index is -3.63. The van der Waals surface area contributed by atoms with Crippen molar-refractivity contribution in [3.05, 3.63) is 60.2 Å². The number of ether oxygens (including phenoxy) is 1. The van der Waals surface area contributed by atoms with Crippen molar-refractivity contribution in [2.24, 2.45) is 5.92 Å². The molecule has 0 bridgehead atoms. The van der Waals surface area contributed by atoms with E-state index in [2.05, 4.69) is 19.2 Å². The monoisotopic (exact) mass is 432 g/mol. The minimum Gasteiger partial charge on any atom is -0.494 e. The summed E-state index contributed by atoms with van der Waals surface area (Å²) in [7, 11) is -3.63. The second kappa shape index (κ2) is 11.0. The number of benzene rings is 2. The summed E-state index contributed by atoms with van der Waals surface area (Å²) in [6.45, 7) is 6.50. The van der Waals surface area contributed by atoms with Gasteiger partial charge >= 0.3 is 0 Å². The van der Waals surface area contributed by atoms with Gasteiger partial charge in [-0.25, -0.2) is 8.42 Å². The van der Waals surface area contributed by atoms with E-state index in [4.69, 9.17) is 4.74 Å². The molecule has 1 unspecified atom stereocenters. The van der Waals surface area contributed by atoms with Crippen LogP contribution in [0.3, 0.4) is 0 Å². The van der Waals surface area contributed by atoms with Gasteiger partial charge < -0.3 is 10.1 Å². The van der Waals surface area contributed by atoms with Crippen LogP contribution in [0.1, 0.15) is 45.2 Å². The van der Waals surface area contributed by atoms with Crippen LogP contribution in [0.2, 0.25) is 0 Å². The van der Waals surface area contributed by atoms with Gasteiger partial charge in [0.05, 0.1) is 24.6 Å². The van der Waals surface area contributed by atoms with E-state index in [1.165, 1.54) is 0 Å². The van der Waals surface area contributed by atoms with E-state index in [1.54, 1.807) is 24.3 Å². The van der Waals surface area contributed by atoms with Crippen LogP contribution < -0.4 is 14.4 Å². The molecule has 0 heterocycles. The molecule has 0 aliphatic heterocycles. The Bertz CT molecular complexity index is 897. The summed E-state index contributed by atoms with van der Waals surface area (Å²) in [5, 5.41) is 3.01. The maximum atomic E-state index is 12.8. The first-order valence-corrected chi connectivity index (χ1v) is 12.1. The van der Waals surface area contributed by atoms with E-state index in [-0.39, 0.29) is 18.5 Å². The van der Waals surface area contributed by atoms with Crippen LogP contribution in [0.5, 0.6) is 5.75 Å². The fraction of sp³-hybridized carbons (Fsp3) is 0.435. The highest BCUT2D eigenvalue weighted by Crippen LogP contribution is 2.23. The van der Waals surface area contributed by atoms with Crippen molar-refractivity contribution in [2.45, 2.75) is 39.7 Å². The molecule has 0 aromatic heterocycles. The van der Waals surface area contributed by atoms with Crippen molar-refractivity contribution in [1.29, 1.82) is 0 Å². The number of rotatable bonds is 11. The number of hydrogen-bond donors (Lipinski definition) is 1. The topological polar surface area (TPSA) is 75.7 Å². The van der Waals surface area contributed by atoms with Crippen molar-refractivity contribution in [3.63, 3.8) is 0 Å². The molecule has 2 aromatic carbocycles. The minimum absolute atomic E-state index is 0.176. The lowest BCUT2D eigenvalue weighted by molar-refractivity contribution is -0.120. The van der Waals surface area contributed by atoms with E-state index in [0.717, 1.165) is 29.0 Å². The van der Waals surface area contributed by atoms with Gasteiger partial charge in [-0.15, -0.1) is 0 Å². The average molecular weight is 433 g/mol. The predicted octanol–water partition coefficient (Wildman–Crippen LogP) is 4.15. The lowest BCUT2D eigenvalue weighted by Crippen LogP contribution is -2.41. The molecule has 0 spiro atoms. The van der Waals surface area contributed by atoms with Crippen molar-refractivity contribution >= 4 is 21.6 Å². The van der Waals surface area contributed by atoms with E-state index in [1.807, 2.05) is 37.3 Å². The van der Waals surface area contributed by atoms with Gasteiger partial charge in [-0.3, -0.25) is 9.10 Å². The lowest BCUT2D eigenvalue weighted by Gasteiger charge is -2.25. The Morgan fingerprint density at radius 2 is 1.70 bits per heavy atom. The molecule has 2 rings (SSSR count). The fourth-order valence-electron chi connectivity index (χ4n) is 3.13. The smallest absolute Gasteiger partial charge is 0.241 e. The first-order chi connectivity index (χ1) is 14.2.